The summed E-state index contributed by atoms with van der Waals surface area (Å²) in [5, 5.41) is 0. The summed E-state index contributed by atoms with van der Waals surface area (Å²) >= 11 is 0. The molecule has 1 unspecified atom stereocenters. The predicted octanol–water partition coefficient (Wildman–Crippen LogP) is 2.78. The van der Waals surface area contributed by atoms with Crippen LogP contribution in [-0.2, 0) is 14.3 Å². The molecule has 0 aromatic rings. The fourth-order valence-corrected chi connectivity index (χ4v) is 2.43. The fourth-order valence-electron chi connectivity index (χ4n) is 2.43. The highest BCUT2D eigenvalue weighted by Gasteiger charge is 2.31. The topological polar surface area (TPSA) is 35.5 Å². The molecule has 0 radical (unpaired) electrons. The molecule has 1 aliphatic rings. The third-order valence-electron chi connectivity index (χ3n) is 3.22. The lowest BCUT2D eigenvalue weighted by molar-refractivity contribution is -0.157. The lowest BCUT2D eigenvalue weighted by atomic mass is 9.80. The maximum Gasteiger partial charge on any atom is 0.311 e. The highest BCUT2D eigenvalue weighted by molar-refractivity contribution is 5.73. The minimum Gasteiger partial charge on any atom is -0.463 e. The Kier molecular flexibility index (Phi) is 5.81. The van der Waals surface area contributed by atoms with E-state index in [1.165, 1.54) is 19.3 Å². The number of ether oxygens (including phenoxy) is 2. The van der Waals surface area contributed by atoms with Crippen LogP contribution in [0, 0.1) is 11.8 Å². The van der Waals surface area contributed by atoms with E-state index in [2.05, 4.69) is 0 Å². The molecule has 0 N–H and O–H groups in total. The van der Waals surface area contributed by atoms with E-state index in [0.29, 0.717) is 12.5 Å². The van der Waals surface area contributed by atoms with Crippen LogP contribution in [-0.4, -0.2) is 25.8 Å². The number of esters is 1. The number of hydrogen-bond donors (Lipinski definition) is 0. The highest BCUT2D eigenvalue weighted by Crippen LogP contribution is 2.31. The van der Waals surface area contributed by atoms with Crippen molar-refractivity contribution >= 4 is 5.97 Å². The van der Waals surface area contributed by atoms with Gasteiger partial charge in [-0.1, -0.05) is 19.3 Å². The number of carbonyl (C=O) groups excluding carboxylic acids is 1. The van der Waals surface area contributed by atoms with E-state index in [0.717, 1.165) is 12.8 Å². The summed E-state index contributed by atoms with van der Waals surface area (Å²) in [7, 11) is 1.65. The van der Waals surface area contributed by atoms with Crippen molar-refractivity contribution < 1.29 is 14.3 Å². The smallest absolute Gasteiger partial charge is 0.311 e. The summed E-state index contributed by atoms with van der Waals surface area (Å²) in [6, 6.07) is 0. The molecule has 1 aliphatic carbocycles. The molecule has 0 bridgehead atoms. The summed E-state index contributed by atoms with van der Waals surface area (Å²) in [6.07, 6.45) is 6.02. The van der Waals surface area contributed by atoms with Crippen molar-refractivity contribution in [1.29, 1.82) is 0 Å². The van der Waals surface area contributed by atoms with Gasteiger partial charge in [-0.05, 0) is 32.6 Å². The zero-order valence-corrected chi connectivity index (χ0v) is 10.7. The maximum absolute atomic E-state index is 11.9. The second-order valence-corrected chi connectivity index (χ2v) is 4.95. The quantitative estimate of drug-likeness (QED) is 0.679. The second-order valence-electron chi connectivity index (χ2n) is 4.95. The predicted molar refractivity (Wildman–Crippen MR) is 63.2 cm³/mol. The molecule has 3 nitrogen and oxygen atoms in total. The molecular formula is C13H24O3. The van der Waals surface area contributed by atoms with Gasteiger partial charge in [0.25, 0.3) is 0 Å². The van der Waals surface area contributed by atoms with Gasteiger partial charge in [-0.3, -0.25) is 4.79 Å². The largest absolute Gasteiger partial charge is 0.463 e. The Bertz CT molecular complexity index is 207. The van der Waals surface area contributed by atoms with Crippen molar-refractivity contribution in [2.45, 2.75) is 52.1 Å². The Morgan fingerprint density at radius 2 is 1.88 bits per heavy atom. The van der Waals surface area contributed by atoms with Crippen molar-refractivity contribution in [3.8, 4) is 0 Å². The van der Waals surface area contributed by atoms with Gasteiger partial charge in [0.15, 0.2) is 0 Å². The van der Waals surface area contributed by atoms with E-state index in [-0.39, 0.29) is 18.0 Å². The standard InChI is InChI=1S/C13H24O3/c1-10(2)16-13(14)12(9-15-3)11-7-5-4-6-8-11/h10-12H,4-9H2,1-3H3. The first kappa shape index (κ1) is 13.5. The van der Waals surface area contributed by atoms with Gasteiger partial charge in [0.2, 0.25) is 0 Å². The molecule has 94 valence electrons. The van der Waals surface area contributed by atoms with Crippen LogP contribution in [0.5, 0.6) is 0 Å². The lowest BCUT2D eigenvalue weighted by Crippen LogP contribution is -2.32. The molecule has 0 aliphatic heterocycles. The van der Waals surface area contributed by atoms with Gasteiger partial charge < -0.3 is 9.47 Å². The Labute approximate surface area is 98.5 Å². The van der Waals surface area contributed by atoms with Crippen LogP contribution in [0.1, 0.15) is 46.0 Å². The minimum atomic E-state index is -0.0799. The molecule has 0 aromatic carbocycles. The van der Waals surface area contributed by atoms with Crippen molar-refractivity contribution in [2.24, 2.45) is 11.8 Å². The Balaban J connectivity index is 2.53. The lowest BCUT2D eigenvalue weighted by Gasteiger charge is -2.28. The summed E-state index contributed by atoms with van der Waals surface area (Å²) in [6.45, 7) is 4.28. The molecule has 1 saturated carbocycles. The van der Waals surface area contributed by atoms with E-state index in [9.17, 15) is 4.79 Å². The van der Waals surface area contributed by atoms with Gasteiger partial charge in [-0.15, -0.1) is 0 Å². The van der Waals surface area contributed by atoms with E-state index >= 15 is 0 Å². The molecular weight excluding hydrogens is 204 g/mol. The number of methoxy groups -OCH3 is 1. The molecule has 0 heterocycles. The van der Waals surface area contributed by atoms with Gasteiger partial charge in [0.1, 0.15) is 0 Å². The van der Waals surface area contributed by atoms with Crippen LogP contribution < -0.4 is 0 Å². The van der Waals surface area contributed by atoms with E-state index in [4.69, 9.17) is 9.47 Å². The second kappa shape index (κ2) is 6.89. The average Bonchev–Trinajstić information content (AvgIpc) is 2.26. The summed E-state index contributed by atoms with van der Waals surface area (Å²) in [5.74, 6) is 0.316. The van der Waals surface area contributed by atoms with E-state index < -0.39 is 0 Å². The Hall–Kier alpha value is -0.570. The SMILES string of the molecule is COCC(C(=O)OC(C)C)C1CCCCC1. The molecule has 1 rings (SSSR count). The van der Waals surface area contributed by atoms with Crippen molar-refractivity contribution in [2.75, 3.05) is 13.7 Å². The van der Waals surface area contributed by atoms with E-state index in [1.807, 2.05) is 13.8 Å². The van der Waals surface area contributed by atoms with Gasteiger partial charge in [-0.25, -0.2) is 0 Å². The molecule has 0 amide bonds. The normalized spacial score (nSPS) is 19.8. The van der Waals surface area contributed by atoms with E-state index in [1.54, 1.807) is 7.11 Å². The van der Waals surface area contributed by atoms with Crippen molar-refractivity contribution in [3.63, 3.8) is 0 Å². The number of rotatable bonds is 5. The zero-order chi connectivity index (χ0) is 12.0. The third kappa shape index (κ3) is 4.12. The Morgan fingerprint density at radius 1 is 1.25 bits per heavy atom. The first-order valence-electron chi connectivity index (χ1n) is 6.34. The third-order valence-corrected chi connectivity index (χ3v) is 3.22. The molecule has 1 atom stereocenters. The van der Waals surface area contributed by atoms with Crippen LogP contribution in [0.4, 0.5) is 0 Å². The molecule has 1 fully saturated rings. The van der Waals surface area contributed by atoms with Crippen LogP contribution in [0.15, 0.2) is 0 Å². The minimum absolute atomic E-state index is 0.0320. The molecule has 16 heavy (non-hydrogen) atoms. The maximum atomic E-state index is 11.9. The number of carbonyl (C=O) groups is 1. The van der Waals surface area contributed by atoms with Crippen LogP contribution in [0.25, 0.3) is 0 Å². The summed E-state index contributed by atoms with van der Waals surface area (Å²) < 4.78 is 10.5. The summed E-state index contributed by atoms with van der Waals surface area (Å²) in [4.78, 5) is 11.9. The number of hydrogen-bond acceptors (Lipinski definition) is 3. The van der Waals surface area contributed by atoms with Gasteiger partial charge in [-0.2, -0.15) is 0 Å². The highest BCUT2D eigenvalue weighted by atomic mass is 16.5. The molecule has 3 heteroatoms. The van der Waals surface area contributed by atoms with Crippen LogP contribution in [0.2, 0.25) is 0 Å². The first-order valence-corrected chi connectivity index (χ1v) is 6.34. The molecule has 0 saturated heterocycles. The summed E-state index contributed by atoms with van der Waals surface area (Å²) in [5.41, 5.74) is 0. The van der Waals surface area contributed by atoms with Gasteiger partial charge in [0, 0.05) is 7.11 Å². The molecule has 0 aromatic heterocycles. The van der Waals surface area contributed by atoms with Crippen LogP contribution >= 0.6 is 0 Å². The fraction of sp³-hybridized carbons (Fsp3) is 0.923. The Morgan fingerprint density at radius 3 is 2.38 bits per heavy atom. The van der Waals surface area contributed by atoms with Crippen molar-refractivity contribution in [3.05, 3.63) is 0 Å². The van der Waals surface area contributed by atoms with Crippen molar-refractivity contribution in [1.82, 2.24) is 0 Å². The first-order chi connectivity index (χ1) is 7.65. The average molecular weight is 228 g/mol. The zero-order valence-electron chi connectivity index (χ0n) is 10.7. The van der Waals surface area contributed by atoms with Gasteiger partial charge >= 0.3 is 5.97 Å². The monoisotopic (exact) mass is 228 g/mol. The van der Waals surface area contributed by atoms with Gasteiger partial charge in [0.05, 0.1) is 18.6 Å². The molecule has 0 spiro atoms. The van der Waals surface area contributed by atoms with Crippen LogP contribution in [0.3, 0.4) is 0 Å².